The van der Waals surface area contributed by atoms with Gasteiger partial charge in [-0.25, -0.2) is 14.4 Å². The maximum absolute atomic E-state index is 13.4. The van der Waals surface area contributed by atoms with Crippen molar-refractivity contribution in [3.63, 3.8) is 0 Å². The molecule has 100 valence electrons. The van der Waals surface area contributed by atoms with Gasteiger partial charge in [0, 0.05) is 24.5 Å². The van der Waals surface area contributed by atoms with E-state index >= 15 is 0 Å². The molecule has 0 unspecified atom stereocenters. The lowest BCUT2D eigenvalue weighted by atomic mass is 10.2. The van der Waals surface area contributed by atoms with Gasteiger partial charge in [-0.15, -0.1) is 0 Å². The minimum atomic E-state index is -0.377. The van der Waals surface area contributed by atoms with Crippen molar-refractivity contribution in [3.05, 3.63) is 48.0 Å². The Morgan fingerprint density at radius 3 is 2.68 bits per heavy atom. The Balaban J connectivity index is 2.09. The largest absolute Gasteiger partial charge is 0.475 e. The molecule has 19 heavy (non-hydrogen) atoms. The van der Waals surface area contributed by atoms with Crippen LogP contribution in [0.15, 0.2) is 36.7 Å². The SMILES string of the molecule is CC(C)Oc1ncccc1CNc1ncccc1F. The highest BCUT2D eigenvalue weighted by molar-refractivity contribution is 5.38. The van der Waals surface area contributed by atoms with Crippen LogP contribution in [0.4, 0.5) is 10.2 Å². The van der Waals surface area contributed by atoms with Gasteiger partial charge in [-0.05, 0) is 32.0 Å². The third kappa shape index (κ3) is 3.64. The highest BCUT2D eigenvalue weighted by Gasteiger charge is 2.08. The summed E-state index contributed by atoms with van der Waals surface area (Å²) in [4.78, 5) is 8.11. The van der Waals surface area contributed by atoms with E-state index in [1.54, 1.807) is 18.5 Å². The van der Waals surface area contributed by atoms with Gasteiger partial charge < -0.3 is 10.1 Å². The average molecular weight is 261 g/mol. The van der Waals surface area contributed by atoms with Crippen LogP contribution in [0, 0.1) is 5.82 Å². The standard InChI is InChI=1S/C14H16FN3O/c1-10(2)19-14-11(5-3-8-17-14)9-18-13-12(15)6-4-7-16-13/h3-8,10H,9H2,1-2H3,(H,16,18). The van der Waals surface area contributed by atoms with Crippen LogP contribution >= 0.6 is 0 Å². The lowest BCUT2D eigenvalue weighted by molar-refractivity contribution is 0.230. The molecular formula is C14H16FN3O. The second-order valence-corrected chi connectivity index (χ2v) is 4.32. The van der Waals surface area contributed by atoms with E-state index in [2.05, 4.69) is 15.3 Å². The molecule has 0 aliphatic heterocycles. The molecule has 2 heterocycles. The molecule has 2 aromatic rings. The number of anilines is 1. The van der Waals surface area contributed by atoms with Crippen molar-refractivity contribution in [1.29, 1.82) is 0 Å². The number of halogens is 1. The second kappa shape index (κ2) is 6.13. The van der Waals surface area contributed by atoms with Crippen LogP contribution in [0.5, 0.6) is 5.88 Å². The van der Waals surface area contributed by atoms with Crippen LogP contribution in [-0.4, -0.2) is 16.1 Å². The molecule has 0 atom stereocenters. The van der Waals surface area contributed by atoms with E-state index in [0.717, 1.165) is 5.56 Å². The summed E-state index contributed by atoms with van der Waals surface area (Å²) in [6.07, 6.45) is 3.25. The van der Waals surface area contributed by atoms with Gasteiger partial charge in [-0.2, -0.15) is 0 Å². The Labute approximate surface area is 111 Å². The summed E-state index contributed by atoms with van der Waals surface area (Å²) < 4.78 is 19.0. The van der Waals surface area contributed by atoms with Crippen molar-refractivity contribution >= 4 is 5.82 Å². The molecule has 2 rings (SSSR count). The first-order chi connectivity index (χ1) is 9.16. The van der Waals surface area contributed by atoms with Crippen LogP contribution < -0.4 is 10.1 Å². The van der Waals surface area contributed by atoms with E-state index in [4.69, 9.17) is 4.74 Å². The molecule has 0 saturated heterocycles. The third-order valence-corrected chi connectivity index (χ3v) is 2.40. The molecule has 0 amide bonds. The minimum absolute atomic E-state index is 0.0419. The fourth-order valence-electron chi connectivity index (χ4n) is 1.58. The van der Waals surface area contributed by atoms with Crippen LogP contribution in [0.3, 0.4) is 0 Å². The van der Waals surface area contributed by atoms with Gasteiger partial charge in [0.05, 0.1) is 6.10 Å². The van der Waals surface area contributed by atoms with Crippen LogP contribution in [0.2, 0.25) is 0 Å². The predicted octanol–water partition coefficient (Wildman–Crippen LogP) is 3.02. The highest BCUT2D eigenvalue weighted by Crippen LogP contribution is 2.18. The van der Waals surface area contributed by atoms with Gasteiger partial charge in [0.1, 0.15) is 0 Å². The van der Waals surface area contributed by atoms with Crippen LogP contribution in [-0.2, 0) is 6.54 Å². The average Bonchev–Trinajstić information content (AvgIpc) is 2.39. The van der Waals surface area contributed by atoms with Crippen molar-refractivity contribution in [3.8, 4) is 5.88 Å². The van der Waals surface area contributed by atoms with Crippen LogP contribution in [0.25, 0.3) is 0 Å². The maximum atomic E-state index is 13.4. The minimum Gasteiger partial charge on any atom is -0.475 e. The maximum Gasteiger partial charge on any atom is 0.218 e. The summed E-state index contributed by atoms with van der Waals surface area (Å²) in [6, 6.07) is 6.62. The zero-order valence-electron chi connectivity index (χ0n) is 10.9. The number of pyridine rings is 2. The topological polar surface area (TPSA) is 47.0 Å². The number of nitrogens with one attached hydrogen (secondary N) is 1. The molecule has 0 aliphatic carbocycles. The van der Waals surface area contributed by atoms with Gasteiger partial charge in [-0.3, -0.25) is 0 Å². The number of ether oxygens (including phenoxy) is 1. The zero-order chi connectivity index (χ0) is 13.7. The van der Waals surface area contributed by atoms with Crippen molar-refractivity contribution < 1.29 is 9.13 Å². The Morgan fingerprint density at radius 1 is 1.21 bits per heavy atom. The fraction of sp³-hybridized carbons (Fsp3) is 0.286. The zero-order valence-corrected chi connectivity index (χ0v) is 10.9. The molecule has 0 spiro atoms. The van der Waals surface area contributed by atoms with Gasteiger partial charge in [0.2, 0.25) is 5.88 Å². The van der Waals surface area contributed by atoms with E-state index in [9.17, 15) is 4.39 Å². The van der Waals surface area contributed by atoms with E-state index in [0.29, 0.717) is 12.4 Å². The first-order valence-corrected chi connectivity index (χ1v) is 6.11. The van der Waals surface area contributed by atoms with Crippen LogP contribution in [0.1, 0.15) is 19.4 Å². The van der Waals surface area contributed by atoms with Crippen molar-refractivity contribution in [2.75, 3.05) is 5.32 Å². The molecule has 5 heteroatoms. The summed E-state index contributed by atoms with van der Waals surface area (Å²) in [5, 5.41) is 2.94. The first kappa shape index (κ1) is 13.3. The number of rotatable bonds is 5. The Kier molecular flexibility index (Phi) is 4.28. The van der Waals surface area contributed by atoms with E-state index < -0.39 is 0 Å². The molecule has 0 fully saturated rings. The number of hydrogen-bond acceptors (Lipinski definition) is 4. The summed E-state index contributed by atoms with van der Waals surface area (Å²) in [5.74, 6) is 0.404. The smallest absolute Gasteiger partial charge is 0.218 e. The van der Waals surface area contributed by atoms with Gasteiger partial charge >= 0.3 is 0 Å². The second-order valence-electron chi connectivity index (χ2n) is 4.32. The normalized spacial score (nSPS) is 10.5. The Hall–Kier alpha value is -2.17. The number of nitrogens with zero attached hydrogens (tertiary/aromatic N) is 2. The van der Waals surface area contributed by atoms with Gasteiger partial charge in [0.15, 0.2) is 11.6 Å². The molecule has 4 nitrogen and oxygen atoms in total. The molecule has 0 radical (unpaired) electrons. The third-order valence-electron chi connectivity index (χ3n) is 2.40. The molecule has 2 aromatic heterocycles. The van der Waals surface area contributed by atoms with Gasteiger partial charge in [0.25, 0.3) is 0 Å². The van der Waals surface area contributed by atoms with Crippen molar-refractivity contribution in [1.82, 2.24) is 9.97 Å². The summed E-state index contributed by atoms with van der Waals surface area (Å²) in [5.41, 5.74) is 0.862. The van der Waals surface area contributed by atoms with E-state index in [-0.39, 0.29) is 17.7 Å². The summed E-state index contributed by atoms with van der Waals surface area (Å²) in [6.45, 7) is 4.28. The molecule has 0 aliphatic rings. The Bertz CT molecular complexity index is 546. The Morgan fingerprint density at radius 2 is 1.95 bits per heavy atom. The van der Waals surface area contributed by atoms with Gasteiger partial charge in [-0.1, -0.05) is 6.07 Å². The number of hydrogen-bond donors (Lipinski definition) is 1. The lowest BCUT2D eigenvalue weighted by Gasteiger charge is -2.13. The van der Waals surface area contributed by atoms with E-state index in [1.165, 1.54) is 6.07 Å². The summed E-state index contributed by atoms with van der Waals surface area (Å²) >= 11 is 0. The van der Waals surface area contributed by atoms with Crippen molar-refractivity contribution in [2.24, 2.45) is 0 Å². The monoisotopic (exact) mass is 261 g/mol. The molecule has 0 saturated carbocycles. The first-order valence-electron chi connectivity index (χ1n) is 6.11. The molecule has 0 bridgehead atoms. The van der Waals surface area contributed by atoms with Crippen molar-refractivity contribution in [2.45, 2.75) is 26.5 Å². The molecular weight excluding hydrogens is 245 g/mol. The highest BCUT2D eigenvalue weighted by atomic mass is 19.1. The fourth-order valence-corrected chi connectivity index (χ4v) is 1.58. The predicted molar refractivity (Wildman–Crippen MR) is 71.5 cm³/mol. The number of aromatic nitrogens is 2. The molecule has 1 N–H and O–H groups in total. The van der Waals surface area contributed by atoms with E-state index in [1.807, 2.05) is 26.0 Å². The quantitative estimate of drug-likeness (QED) is 0.898. The summed E-state index contributed by atoms with van der Waals surface area (Å²) in [7, 11) is 0. The lowest BCUT2D eigenvalue weighted by Crippen LogP contribution is -2.11. The molecule has 0 aromatic carbocycles.